The van der Waals surface area contributed by atoms with Gasteiger partial charge in [0.2, 0.25) is 5.60 Å². The van der Waals surface area contributed by atoms with Crippen molar-refractivity contribution in [3.63, 3.8) is 0 Å². The molecule has 1 saturated carbocycles. The van der Waals surface area contributed by atoms with Crippen LogP contribution in [0.25, 0.3) is 0 Å². The van der Waals surface area contributed by atoms with Crippen LogP contribution >= 0.6 is 11.6 Å². The Hall–Kier alpha value is -0.950. The molecular weight excluding hydrogens is 286 g/mol. The van der Waals surface area contributed by atoms with Crippen LogP contribution in [-0.2, 0) is 5.60 Å². The number of aliphatic hydroxyl groups is 1. The number of hydrogen-bond donors (Lipinski definition) is 1. The molecule has 1 fully saturated rings. The second kappa shape index (κ2) is 3.33. The van der Waals surface area contributed by atoms with E-state index in [2.05, 4.69) is 0 Å². The summed E-state index contributed by atoms with van der Waals surface area (Å²) in [5, 5.41) is 9.37. The molecule has 0 atom stereocenters. The molecule has 1 N–H and O–H groups in total. The maximum absolute atomic E-state index is 13.1. The van der Waals surface area contributed by atoms with E-state index in [1.165, 1.54) is 0 Å². The van der Waals surface area contributed by atoms with E-state index in [0.717, 1.165) is 12.1 Å². The molecule has 0 heterocycles. The van der Waals surface area contributed by atoms with E-state index in [1.54, 1.807) is 0 Å². The highest BCUT2D eigenvalue weighted by atomic mass is 35.5. The van der Waals surface area contributed by atoms with Gasteiger partial charge in [-0.3, -0.25) is 0 Å². The van der Waals surface area contributed by atoms with E-state index in [9.17, 15) is 31.4 Å². The molecule has 1 aliphatic rings. The van der Waals surface area contributed by atoms with Gasteiger partial charge in [-0.25, -0.2) is 0 Å². The minimum atomic E-state index is -5.60. The fourth-order valence-corrected chi connectivity index (χ4v) is 1.97. The van der Waals surface area contributed by atoms with Crippen LogP contribution in [0.4, 0.5) is 26.3 Å². The quantitative estimate of drug-likeness (QED) is 0.786. The topological polar surface area (TPSA) is 20.2 Å². The van der Waals surface area contributed by atoms with Crippen LogP contribution in [0, 0.1) is 0 Å². The van der Waals surface area contributed by atoms with Gasteiger partial charge in [-0.2, -0.15) is 26.3 Å². The molecule has 8 heteroatoms. The zero-order chi connectivity index (χ0) is 14.0. The average molecular weight is 291 g/mol. The standard InChI is InChI=1S/C10H5ClF6O/c11-6-3-1-5(2-4-6)7(18)8(12,13)10(16,17)9(7,14)15/h1-4,18H. The van der Waals surface area contributed by atoms with Crippen LogP contribution in [0.1, 0.15) is 5.56 Å². The number of halogens is 7. The molecule has 0 saturated heterocycles. The van der Waals surface area contributed by atoms with Gasteiger partial charge in [-0.05, 0) is 17.7 Å². The van der Waals surface area contributed by atoms with Crippen molar-refractivity contribution < 1.29 is 31.4 Å². The summed E-state index contributed by atoms with van der Waals surface area (Å²) < 4.78 is 77.9. The van der Waals surface area contributed by atoms with Gasteiger partial charge >= 0.3 is 17.8 Å². The number of alkyl halides is 6. The summed E-state index contributed by atoms with van der Waals surface area (Å²) in [6.45, 7) is 0. The molecule has 0 aromatic heterocycles. The van der Waals surface area contributed by atoms with Crippen molar-refractivity contribution >= 4 is 11.6 Å². The second-order valence-electron chi connectivity index (χ2n) is 3.94. The Morgan fingerprint density at radius 1 is 0.778 bits per heavy atom. The molecule has 0 radical (unpaired) electrons. The number of hydrogen-bond acceptors (Lipinski definition) is 1. The lowest BCUT2D eigenvalue weighted by atomic mass is 9.64. The fourth-order valence-electron chi connectivity index (χ4n) is 1.84. The minimum Gasteiger partial charge on any atom is -0.374 e. The highest BCUT2D eigenvalue weighted by Crippen LogP contribution is 2.70. The molecule has 100 valence electrons. The Morgan fingerprint density at radius 2 is 1.17 bits per heavy atom. The van der Waals surface area contributed by atoms with E-state index < -0.39 is 28.9 Å². The Balaban J connectivity index is 2.58. The zero-order valence-electron chi connectivity index (χ0n) is 8.40. The first kappa shape index (κ1) is 13.5. The van der Waals surface area contributed by atoms with Crippen molar-refractivity contribution in [2.75, 3.05) is 0 Å². The molecular formula is C10H5ClF6O. The Morgan fingerprint density at radius 3 is 1.56 bits per heavy atom. The van der Waals surface area contributed by atoms with Crippen molar-refractivity contribution in [1.29, 1.82) is 0 Å². The number of rotatable bonds is 1. The predicted molar refractivity (Wildman–Crippen MR) is 50.2 cm³/mol. The molecule has 1 aromatic rings. The van der Waals surface area contributed by atoms with Crippen molar-refractivity contribution in [2.45, 2.75) is 23.4 Å². The van der Waals surface area contributed by atoms with Crippen molar-refractivity contribution in [3.8, 4) is 0 Å². The first-order valence-corrected chi connectivity index (χ1v) is 5.00. The minimum absolute atomic E-state index is 0.0278. The molecule has 0 bridgehead atoms. The summed E-state index contributed by atoms with van der Waals surface area (Å²) in [6, 6.07) is 3.19. The fraction of sp³-hybridized carbons (Fsp3) is 0.400. The van der Waals surface area contributed by atoms with Gasteiger partial charge < -0.3 is 5.11 Å². The Labute approximate surface area is 102 Å². The normalized spacial score (nSPS) is 26.4. The van der Waals surface area contributed by atoms with Gasteiger partial charge in [0.15, 0.2) is 0 Å². The van der Waals surface area contributed by atoms with Crippen LogP contribution in [0.3, 0.4) is 0 Å². The van der Waals surface area contributed by atoms with E-state index in [4.69, 9.17) is 11.6 Å². The summed E-state index contributed by atoms with van der Waals surface area (Å²) in [7, 11) is 0. The van der Waals surface area contributed by atoms with E-state index in [-0.39, 0.29) is 5.02 Å². The van der Waals surface area contributed by atoms with Gasteiger partial charge in [0.05, 0.1) is 0 Å². The SMILES string of the molecule is OC1(c2ccc(Cl)cc2)C(F)(F)C(F)(F)C1(F)F. The average Bonchev–Trinajstić information content (AvgIpc) is 2.27. The molecule has 18 heavy (non-hydrogen) atoms. The molecule has 1 aromatic carbocycles. The Kier molecular flexibility index (Phi) is 2.49. The lowest BCUT2D eigenvalue weighted by Crippen LogP contribution is -2.84. The van der Waals surface area contributed by atoms with Crippen LogP contribution in [0.15, 0.2) is 24.3 Å². The van der Waals surface area contributed by atoms with Gasteiger partial charge in [-0.15, -0.1) is 0 Å². The summed E-state index contributed by atoms with van der Waals surface area (Å²) >= 11 is 5.42. The van der Waals surface area contributed by atoms with E-state index >= 15 is 0 Å². The van der Waals surface area contributed by atoms with Gasteiger partial charge in [0.1, 0.15) is 0 Å². The zero-order valence-corrected chi connectivity index (χ0v) is 9.16. The molecule has 2 rings (SSSR count). The summed E-state index contributed by atoms with van der Waals surface area (Å²) in [4.78, 5) is 0. The van der Waals surface area contributed by atoms with Crippen LogP contribution in [0.5, 0.6) is 0 Å². The number of benzene rings is 1. The van der Waals surface area contributed by atoms with Gasteiger partial charge in [0, 0.05) is 5.02 Å². The lowest BCUT2D eigenvalue weighted by molar-refractivity contribution is -0.497. The van der Waals surface area contributed by atoms with Crippen molar-refractivity contribution in [3.05, 3.63) is 34.9 Å². The molecule has 0 unspecified atom stereocenters. The third-order valence-corrected chi connectivity index (χ3v) is 3.21. The monoisotopic (exact) mass is 290 g/mol. The second-order valence-corrected chi connectivity index (χ2v) is 4.38. The van der Waals surface area contributed by atoms with Crippen LogP contribution < -0.4 is 0 Å². The largest absolute Gasteiger partial charge is 0.379 e. The smallest absolute Gasteiger partial charge is 0.374 e. The summed E-state index contributed by atoms with van der Waals surface area (Å²) in [5.41, 5.74) is -5.26. The highest BCUT2D eigenvalue weighted by Gasteiger charge is 2.98. The maximum atomic E-state index is 13.1. The first-order valence-electron chi connectivity index (χ1n) is 4.62. The van der Waals surface area contributed by atoms with E-state index in [1.807, 2.05) is 0 Å². The van der Waals surface area contributed by atoms with Crippen molar-refractivity contribution in [1.82, 2.24) is 0 Å². The maximum Gasteiger partial charge on any atom is 0.379 e. The third kappa shape index (κ3) is 1.14. The van der Waals surface area contributed by atoms with Crippen molar-refractivity contribution in [2.24, 2.45) is 0 Å². The third-order valence-electron chi connectivity index (χ3n) is 2.96. The molecule has 1 aliphatic carbocycles. The molecule has 0 aliphatic heterocycles. The predicted octanol–water partition coefficient (Wildman–Crippen LogP) is 3.45. The van der Waals surface area contributed by atoms with E-state index in [0.29, 0.717) is 12.1 Å². The summed E-state index contributed by atoms with van der Waals surface area (Å²) in [6.07, 6.45) is 0. The summed E-state index contributed by atoms with van der Waals surface area (Å²) in [5.74, 6) is -16.1. The first-order chi connectivity index (χ1) is 8.00. The Bertz CT molecular complexity index is 466. The lowest BCUT2D eigenvalue weighted by Gasteiger charge is -2.55. The molecule has 1 nitrogen and oxygen atoms in total. The van der Waals surface area contributed by atoms with Crippen LogP contribution in [0.2, 0.25) is 5.02 Å². The van der Waals surface area contributed by atoms with Gasteiger partial charge in [0.25, 0.3) is 0 Å². The van der Waals surface area contributed by atoms with Gasteiger partial charge in [-0.1, -0.05) is 23.7 Å². The van der Waals surface area contributed by atoms with Crippen LogP contribution in [-0.4, -0.2) is 22.9 Å². The highest BCUT2D eigenvalue weighted by molar-refractivity contribution is 6.30. The molecule has 0 amide bonds. The molecule has 0 spiro atoms.